The van der Waals surface area contributed by atoms with Gasteiger partial charge in [0.25, 0.3) is 11.8 Å². The normalized spacial score (nSPS) is 14.0. The Kier molecular flexibility index (Phi) is 8.43. The number of carbonyl (C=O) groups is 2. The van der Waals surface area contributed by atoms with Crippen LogP contribution in [0.3, 0.4) is 0 Å². The quantitative estimate of drug-likeness (QED) is 0.175. The first-order valence-corrected chi connectivity index (χ1v) is 16.6. The Hall–Kier alpha value is -4.91. The highest BCUT2D eigenvalue weighted by Crippen LogP contribution is 2.46. The van der Waals surface area contributed by atoms with E-state index in [-0.39, 0.29) is 57.6 Å². The lowest BCUT2D eigenvalue weighted by Gasteiger charge is -2.21. The molecule has 2 amide bonds. The Morgan fingerprint density at radius 1 is 0.979 bits per heavy atom. The lowest BCUT2D eigenvalue weighted by Crippen LogP contribution is -2.34. The van der Waals surface area contributed by atoms with Gasteiger partial charge in [0.1, 0.15) is 23.0 Å². The van der Waals surface area contributed by atoms with Gasteiger partial charge in [-0.15, -0.1) is 0 Å². The molecule has 1 aliphatic rings. The number of halogens is 2. The maximum absolute atomic E-state index is 15.7. The SMILES string of the molecule is CS(=O)(=O)N(CCO)Cc1cc2oc(-c3ccc(F)cc3)c(C(N)=O)c2cc1-c1cc(C(=O)NC2(c3ccccc3)CC2)ccc1F. The number of hydrogen-bond donors (Lipinski definition) is 3. The molecule has 1 heterocycles. The third-order valence-electron chi connectivity index (χ3n) is 8.38. The Balaban J connectivity index is 1.51. The van der Waals surface area contributed by atoms with E-state index < -0.39 is 45.6 Å². The summed E-state index contributed by atoms with van der Waals surface area (Å²) >= 11 is 0. The van der Waals surface area contributed by atoms with Crippen molar-refractivity contribution in [2.75, 3.05) is 19.4 Å². The van der Waals surface area contributed by atoms with Gasteiger partial charge in [-0.2, -0.15) is 4.31 Å². The largest absolute Gasteiger partial charge is 0.455 e. The summed E-state index contributed by atoms with van der Waals surface area (Å²) in [7, 11) is -3.84. The van der Waals surface area contributed by atoms with E-state index in [1.54, 1.807) is 0 Å². The summed E-state index contributed by atoms with van der Waals surface area (Å²) in [6, 6.07) is 21.6. The third kappa shape index (κ3) is 6.39. The highest BCUT2D eigenvalue weighted by Gasteiger charge is 2.45. The Bertz CT molecular complexity index is 2110. The topological polar surface area (TPSA) is 143 Å². The van der Waals surface area contributed by atoms with Gasteiger partial charge >= 0.3 is 0 Å². The summed E-state index contributed by atoms with van der Waals surface area (Å²) in [6.07, 6.45) is 2.48. The van der Waals surface area contributed by atoms with Crippen molar-refractivity contribution in [3.05, 3.63) is 119 Å². The first-order chi connectivity index (χ1) is 22.4. The first-order valence-electron chi connectivity index (χ1n) is 14.8. The maximum Gasteiger partial charge on any atom is 0.253 e. The number of aliphatic hydroxyl groups is 1. The van der Waals surface area contributed by atoms with Crippen molar-refractivity contribution in [1.29, 1.82) is 0 Å². The van der Waals surface area contributed by atoms with Crippen LogP contribution in [0.2, 0.25) is 0 Å². The van der Waals surface area contributed by atoms with Crippen LogP contribution in [-0.2, 0) is 22.1 Å². The van der Waals surface area contributed by atoms with Gasteiger partial charge in [-0.3, -0.25) is 9.59 Å². The van der Waals surface area contributed by atoms with Crippen LogP contribution in [0.1, 0.15) is 44.7 Å². The molecule has 0 saturated heterocycles. The zero-order valence-corrected chi connectivity index (χ0v) is 26.1. The third-order valence-corrected chi connectivity index (χ3v) is 9.63. The summed E-state index contributed by atoms with van der Waals surface area (Å²) in [5.41, 5.74) is 7.26. The van der Waals surface area contributed by atoms with Crippen LogP contribution in [-0.4, -0.2) is 49.1 Å². The molecule has 47 heavy (non-hydrogen) atoms. The predicted octanol–water partition coefficient (Wildman–Crippen LogP) is 5.32. The summed E-state index contributed by atoms with van der Waals surface area (Å²) < 4.78 is 61.8. The number of nitrogens with one attached hydrogen (secondary N) is 1. The second kappa shape index (κ2) is 12.4. The van der Waals surface area contributed by atoms with Crippen molar-refractivity contribution < 1.29 is 36.3 Å². The number of primary amides is 1. The van der Waals surface area contributed by atoms with E-state index in [0.29, 0.717) is 5.56 Å². The number of fused-ring (bicyclic) bond motifs is 1. The van der Waals surface area contributed by atoms with Gasteiger partial charge in [-0.25, -0.2) is 17.2 Å². The Morgan fingerprint density at radius 3 is 2.30 bits per heavy atom. The average molecular weight is 660 g/mol. The summed E-state index contributed by atoms with van der Waals surface area (Å²) in [6.45, 7) is -1.01. The zero-order chi connectivity index (χ0) is 33.5. The van der Waals surface area contributed by atoms with E-state index in [9.17, 15) is 27.5 Å². The van der Waals surface area contributed by atoms with Gasteiger partial charge in [-0.1, -0.05) is 30.3 Å². The van der Waals surface area contributed by atoms with Crippen molar-refractivity contribution in [3.8, 4) is 22.5 Å². The summed E-state index contributed by atoms with van der Waals surface area (Å²) in [5.74, 6) is -2.44. The second-order valence-corrected chi connectivity index (χ2v) is 13.6. The molecule has 5 aromatic rings. The monoisotopic (exact) mass is 659 g/mol. The van der Waals surface area contributed by atoms with Gasteiger partial charge in [0.2, 0.25) is 10.0 Å². The average Bonchev–Trinajstić information content (AvgIpc) is 3.72. The molecule has 4 aromatic carbocycles. The second-order valence-electron chi connectivity index (χ2n) is 11.6. The summed E-state index contributed by atoms with van der Waals surface area (Å²) in [4.78, 5) is 26.3. The van der Waals surface area contributed by atoms with Crippen molar-refractivity contribution in [2.45, 2.75) is 24.9 Å². The zero-order valence-electron chi connectivity index (χ0n) is 25.3. The fraction of sp³-hybridized carbons (Fsp3) is 0.200. The van der Waals surface area contributed by atoms with Crippen LogP contribution in [0, 0.1) is 11.6 Å². The minimum absolute atomic E-state index is 0.0310. The molecule has 4 N–H and O–H groups in total. The summed E-state index contributed by atoms with van der Waals surface area (Å²) in [5, 5.41) is 12.9. The number of furan rings is 1. The van der Waals surface area contributed by atoms with Crippen LogP contribution < -0.4 is 11.1 Å². The van der Waals surface area contributed by atoms with Gasteiger partial charge in [0.05, 0.1) is 24.0 Å². The number of carbonyl (C=O) groups excluding carboxylic acids is 2. The smallest absolute Gasteiger partial charge is 0.253 e. The Morgan fingerprint density at radius 2 is 1.68 bits per heavy atom. The number of nitrogens with two attached hydrogens (primary N) is 1. The van der Waals surface area contributed by atoms with E-state index in [4.69, 9.17) is 10.2 Å². The lowest BCUT2D eigenvalue weighted by molar-refractivity contribution is 0.0929. The fourth-order valence-corrected chi connectivity index (χ4v) is 6.60. The van der Waals surface area contributed by atoms with Crippen molar-refractivity contribution in [2.24, 2.45) is 5.73 Å². The first kappa shape index (κ1) is 32.0. The molecule has 0 unspecified atom stereocenters. The molecule has 242 valence electrons. The molecule has 1 aliphatic carbocycles. The van der Waals surface area contributed by atoms with Crippen LogP contribution >= 0.6 is 0 Å². The maximum atomic E-state index is 15.7. The number of aliphatic hydroxyl groups excluding tert-OH is 1. The van der Waals surface area contributed by atoms with Crippen molar-refractivity contribution in [1.82, 2.24) is 9.62 Å². The standard InChI is InChI=1S/C35H31F2N3O6S/c1-47(44,45)40(15-16-41)20-23-18-30-28(31(33(38)42)32(46-30)21-7-10-25(36)11-8-21)19-26(23)27-17-22(9-12-29(27)37)34(43)39-35(13-14-35)24-5-3-2-4-6-24/h2-12,17-19,41H,13-16,20H2,1H3,(H2,38,42)(H,39,43). The number of amides is 2. The van der Waals surface area contributed by atoms with E-state index >= 15 is 4.39 Å². The van der Waals surface area contributed by atoms with Crippen LogP contribution in [0.4, 0.5) is 8.78 Å². The minimum Gasteiger partial charge on any atom is -0.455 e. The van der Waals surface area contributed by atoms with Gasteiger partial charge in [0.15, 0.2) is 0 Å². The lowest BCUT2D eigenvalue weighted by atomic mass is 9.94. The predicted molar refractivity (Wildman–Crippen MR) is 173 cm³/mol. The molecule has 0 atom stereocenters. The van der Waals surface area contributed by atoms with Gasteiger partial charge < -0.3 is 20.6 Å². The number of benzene rings is 4. The molecule has 6 rings (SSSR count). The number of rotatable bonds is 11. The highest BCUT2D eigenvalue weighted by atomic mass is 32.2. The molecule has 1 aromatic heterocycles. The van der Waals surface area contributed by atoms with Crippen molar-refractivity contribution in [3.63, 3.8) is 0 Å². The molecule has 0 radical (unpaired) electrons. The van der Waals surface area contributed by atoms with E-state index in [2.05, 4.69) is 5.32 Å². The molecule has 12 heteroatoms. The minimum atomic E-state index is -3.84. The highest BCUT2D eigenvalue weighted by molar-refractivity contribution is 7.88. The van der Waals surface area contributed by atoms with E-state index in [1.165, 1.54) is 48.5 Å². The van der Waals surface area contributed by atoms with Crippen LogP contribution in [0.25, 0.3) is 33.4 Å². The number of sulfonamides is 1. The molecule has 1 saturated carbocycles. The number of hydrogen-bond acceptors (Lipinski definition) is 6. The molecule has 1 fully saturated rings. The van der Waals surface area contributed by atoms with Crippen molar-refractivity contribution >= 4 is 32.8 Å². The van der Waals surface area contributed by atoms with Crippen LogP contribution in [0.5, 0.6) is 0 Å². The Labute approximate surface area is 269 Å². The van der Waals surface area contributed by atoms with E-state index in [0.717, 1.165) is 35.0 Å². The van der Waals surface area contributed by atoms with Gasteiger partial charge in [0, 0.05) is 35.2 Å². The molecular formula is C35H31F2N3O6S. The molecule has 9 nitrogen and oxygen atoms in total. The molecule has 0 bridgehead atoms. The molecule has 0 spiro atoms. The fourth-order valence-electron chi connectivity index (χ4n) is 5.81. The van der Waals surface area contributed by atoms with Gasteiger partial charge in [-0.05, 0) is 84.1 Å². The van der Waals surface area contributed by atoms with Crippen LogP contribution in [0.15, 0.2) is 89.3 Å². The van der Waals surface area contributed by atoms with E-state index in [1.807, 2.05) is 30.3 Å². The number of nitrogens with zero attached hydrogens (tertiary/aromatic N) is 1. The molecular weight excluding hydrogens is 628 g/mol. The molecule has 0 aliphatic heterocycles.